The van der Waals surface area contributed by atoms with Crippen molar-refractivity contribution in [1.29, 1.82) is 0 Å². The van der Waals surface area contributed by atoms with Gasteiger partial charge < -0.3 is 9.32 Å². The molecule has 236 valence electrons. The fourth-order valence-corrected chi connectivity index (χ4v) is 7.05. The van der Waals surface area contributed by atoms with Gasteiger partial charge in [0, 0.05) is 27.7 Å². The van der Waals surface area contributed by atoms with Crippen molar-refractivity contribution in [2.75, 3.05) is 4.90 Å². The molecule has 2 nitrogen and oxygen atoms in total. The zero-order chi connectivity index (χ0) is 33.3. The summed E-state index contributed by atoms with van der Waals surface area (Å²) in [4.78, 5) is 2.36. The molecule has 0 spiro atoms. The second kappa shape index (κ2) is 12.8. The maximum Gasteiger partial charge on any atom is 0.136 e. The minimum atomic E-state index is 0.891. The van der Waals surface area contributed by atoms with Gasteiger partial charge in [-0.25, -0.2) is 0 Å². The highest BCUT2D eigenvalue weighted by molar-refractivity contribution is 6.09. The smallest absolute Gasteiger partial charge is 0.136 e. The van der Waals surface area contributed by atoms with Crippen molar-refractivity contribution in [3.63, 3.8) is 0 Å². The molecule has 0 bridgehead atoms. The SMILES string of the molecule is c1ccc(-c2ccc(N(c3ccc(-c4cc5oc6ccccc6c5cc4-c4ccccc4)cc3)c3ccccc3-c3ccccc3)cc2)cc1. The van der Waals surface area contributed by atoms with Gasteiger partial charge in [-0.1, -0.05) is 152 Å². The first-order valence-corrected chi connectivity index (χ1v) is 17.0. The third-order valence-electron chi connectivity index (χ3n) is 9.50. The number of fused-ring (bicyclic) bond motifs is 3. The summed E-state index contributed by atoms with van der Waals surface area (Å²) in [5, 5.41) is 2.26. The molecule has 0 radical (unpaired) electrons. The number of hydrogen-bond donors (Lipinski definition) is 0. The average Bonchev–Trinajstić information content (AvgIpc) is 3.57. The Morgan fingerprint density at radius 1 is 0.300 bits per heavy atom. The summed E-state index contributed by atoms with van der Waals surface area (Å²) in [6, 6.07) is 71.1. The number of nitrogens with zero attached hydrogens (tertiary/aromatic N) is 1. The summed E-state index contributed by atoms with van der Waals surface area (Å²) < 4.78 is 6.37. The third-order valence-corrected chi connectivity index (χ3v) is 9.50. The van der Waals surface area contributed by atoms with Gasteiger partial charge in [-0.05, 0) is 87.5 Å². The Kier molecular flexibility index (Phi) is 7.53. The van der Waals surface area contributed by atoms with Crippen molar-refractivity contribution >= 4 is 39.0 Å². The normalized spacial score (nSPS) is 11.2. The minimum absolute atomic E-state index is 0.891. The molecule has 2 heteroatoms. The topological polar surface area (TPSA) is 16.4 Å². The van der Waals surface area contributed by atoms with Gasteiger partial charge >= 0.3 is 0 Å². The Morgan fingerprint density at radius 2 is 0.760 bits per heavy atom. The molecule has 8 aromatic carbocycles. The fraction of sp³-hybridized carbons (Fsp3) is 0. The molecular weight excluding hydrogens is 607 g/mol. The van der Waals surface area contributed by atoms with Crippen LogP contribution in [0.25, 0.3) is 66.4 Å². The number of hydrogen-bond acceptors (Lipinski definition) is 2. The summed E-state index contributed by atoms with van der Waals surface area (Å²) in [6.07, 6.45) is 0. The summed E-state index contributed by atoms with van der Waals surface area (Å²) in [5.74, 6) is 0. The largest absolute Gasteiger partial charge is 0.456 e. The van der Waals surface area contributed by atoms with Crippen LogP contribution < -0.4 is 4.90 Å². The zero-order valence-electron chi connectivity index (χ0n) is 27.4. The van der Waals surface area contributed by atoms with Gasteiger partial charge in [0.05, 0.1) is 5.69 Å². The van der Waals surface area contributed by atoms with Gasteiger partial charge in [0.1, 0.15) is 11.2 Å². The van der Waals surface area contributed by atoms with E-state index in [1.54, 1.807) is 0 Å². The van der Waals surface area contributed by atoms with Gasteiger partial charge in [-0.2, -0.15) is 0 Å². The molecule has 1 aromatic heterocycles. The molecule has 9 aromatic rings. The van der Waals surface area contributed by atoms with Crippen molar-refractivity contribution in [3.8, 4) is 44.5 Å². The van der Waals surface area contributed by atoms with Crippen molar-refractivity contribution in [3.05, 3.63) is 200 Å². The van der Waals surface area contributed by atoms with Crippen LogP contribution in [0, 0.1) is 0 Å². The molecule has 1 heterocycles. The van der Waals surface area contributed by atoms with Crippen molar-refractivity contribution in [2.45, 2.75) is 0 Å². The van der Waals surface area contributed by atoms with Gasteiger partial charge in [-0.15, -0.1) is 0 Å². The molecule has 0 unspecified atom stereocenters. The van der Waals surface area contributed by atoms with Crippen LogP contribution in [0.2, 0.25) is 0 Å². The Morgan fingerprint density at radius 3 is 1.42 bits per heavy atom. The number of benzene rings is 8. The Labute approximate surface area is 292 Å². The van der Waals surface area contributed by atoms with Crippen LogP contribution in [0.4, 0.5) is 17.1 Å². The molecular formula is C48H33NO. The van der Waals surface area contributed by atoms with E-state index in [0.29, 0.717) is 0 Å². The molecule has 50 heavy (non-hydrogen) atoms. The highest BCUT2D eigenvalue weighted by Gasteiger charge is 2.19. The first-order chi connectivity index (χ1) is 24.8. The van der Waals surface area contributed by atoms with E-state index in [0.717, 1.165) is 50.1 Å². The van der Waals surface area contributed by atoms with E-state index in [1.807, 2.05) is 12.1 Å². The van der Waals surface area contributed by atoms with E-state index in [1.165, 1.54) is 33.4 Å². The highest BCUT2D eigenvalue weighted by Crippen LogP contribution is 2.43. The second-order valence-corrected chi connectivity index (χ2v) is 12.5. The fourth-order valence-electron chi connectivity index (χ4n) is 7.05. The quantitative estimate of drug-likeness (QED) is 0.173. The standard InChI is InChI=1S/C48H33NO/c1-4-14-34(15-5-1)35-24-28-39(29-25-35)49(46-22-12-10-20-41(46)36-16-6-2-7-17-36)40-30-26-38(27-31-40)44-33-48-45(42-21-11-13-23-47(42)50-48)32-43(44)37-18-8-3-9-19-37/h1-33H. The van der Waals surface area contributed by atoms with E-state index in [9.17, 15) is 0 Å². The first-order valence-electron chi connectivity index (χ1n) is 17.0. The maximum absolute atomic E-state index is 6.37. The van der Waals surface area contributed by atoms with E-state index < -0.39 is 0 Å². The van der Waals surface area contributed by atoms with Crippen LogP contribution >= 0.6 is 0 Å². The predicted octanol–water partition coefficient (Wildman–Crippen LogP) is 13.7. The van der Waals surface area contributed by atoms with Crippen LogP contribution in [0.1, 0.15) is 0 Å². The molecule has 0 saturated heterocycles. The molecule has 9 rings (SSSR count). The second-order valence-electron chi connectivity index (χ2n) is 12.5. The molecule has 0 aliphatic carbocycles. The summed E-state index contributed by atoms with van der Waals surface area (Å²) in [6.45, 7) is 0. The van der Waals surface area contributed by atoms with Gasteiger partial charge in [0.25, 0.3) is 0 Å². The van der Waals surface area contributed by atoms with Gasteiger partial charge in [0.15, 0.2) is 0 Å². The molecule has 0 atom stereocenters. The van der Waals surface area contributed by atoms with Gasteiger partial charge in [-0.3, -0.25) is 0 Å². The maximum atomic E-state index is 6.37. The van der Waals surface area contributed by atoms with Crippen LogP contribution in [0.5, 0.6) is 0 Å². The number of rotatable bonds is 7. The molecule has 0 amide bonds. The number of furan rings is 1. The average molecular weight is 640 g/mol. The van der Waals surface area contributed by atoms with Crippen molar-refractivity contribution < 1.29 is 4.42 Å². The zero-order valence-corrected chi connectivity index (χ0v) is 27.4. The predicted molar refractivity (Wildman–Crippen MR) is 210 cm³/mol. The number of para-hydroxylation sites is 2. The number of anilines is 3. The lowest BCUT2D eigenvalue weighted by Crippen LogP contribution is -2.11. The Bertz CT molecular complexity index is 2550. The first kappa shape index (κ1) is 29.5. The Hall–Kier alpha value is -6.64. The third kappa shape index (κ3) is 5.43. The van der Waals surface area contributed by atoms with E-state index in [-0.39, 0.29) is 0 Å². The van der Waals surface area contributed by atoms with Crippen LogP contribution in [0.15, 0.2) is 205 Å². The van der Waals surface area contributed by atoms with E-state index in [4.69, 9.17) is 4.42 Å². The molecule has 0 aliphatic heterocycles. The van der Waals surface area contributed by atoms with Crippen molar-refractivity contribution in [1.82, 2.24) is 0 Å². The summed E-state index contributed by atoms with van der Waals surface area (Å²) in [7, 11) is 0. The van der Waals surface area contributed by atoms with E-state index >= 15 is 0 Å². The monoisotopic (exact) mass is 639 g/mol. The highest BCUT2D eigenvalue weighted by atomic mass is 16.3. The lowest BCUT2D eigenvalue weighted by molar-refractivity contribution is 0.669. The van der Waals surface area contributed by atoms with Crippen LogP contribution in [0.3, 0.4) is 0 Å². The Balaban J connectivity index is 1.19. The van der Waals surface area contributed by atoms with Crippen LogP contribution in [-0.4, -0.2) is 0 Å². The lowest BCUT2D eigenvalue weighted by Gasteiger charge is -2.28. The minimum Gasteiger partial charge on any atom is -0.456 e. The van der Waals surface area contributed by atoms with Crippen LogP contribution in [-0.2, 0) is 0 Å². The summed E-state index contributed by atoms with van der Waals surface area (Å²) in [5.41, 5.74) is 14.5. The van der Waals surface area contributed by atoms with Crippen molar-refractivity contribution in [2.24, 2.45) is 0 Å². The van der Waals surface area contributed by atoms with Gasteiger partial charge in [0.2, 0.25) is 0 Å². The molecule has 0 N–H and O–H groups in total. The lowest BCUT2D eigenvalue weighted by atomic mass is 9.92. The summed E-state index contributed by atoms with van der Waals surface area (Å²) >= 11 is 0. The molecule has 0 saturated carbocycles. The molecule has 0 aliphatic rings. The molecule has 0 fully saturated rings. The van der Waals surface area contributed by atoms with E-state index in [2.05, 4.69) is 193 Å².